The predicted molar refractivity (Wildman–Crippen MR) is 69.9 cm³/mol. The molecule has 2 aromatic rings. The fourth-order valence-corrected chi connectivity index (χ4v) is 1.88. The largest absolute Gasteiger partial charge is 0.338 e. The Balaban J connectivity index is 2.02. The lowest BCUT2D eigenvalue weighted by Crippen LogP contribution is -2.13. The molecule has 4 nitrogen and oxygen atoms in total. The number of hydrogen-bond donors (Lipinski definition) is 1. The molecule has 1 aromatic carbocycles. The second kappa shape index (κ2) is 5.78. The summed E-state index contributed by atoms with van der Waals surface area (Å²) in [6.07, 6.45) is 1.53. The number of rotatable bonds is 5. The molecule has 1 atom stereocenters. The van der Waals surface area contributed by atoms with E-state index < -0.39 is 0 Å². The van der Waals surface area contributed by atoms with Gasteiger partial charge in [-0.1, -0.05) is 49.3 Å². The molecule has 0 aliphatic rings. The van der Waals surface area contributed by atoms with Crippen molar-refractivity contribution in [1.29, 1.82) is 0 Å². The third-order valence-corrected chi connectivity index (χ3v) is 2.73. The van der Waals surface area contributed by atoms with Crippen molar-refractivity contribution >= 4 is 0 Å². The lowest BCUT2D eigenvalue weighted by Gasteiger charge is -2.08. The molecular formula is C14H19N3O. The van der Waals surface area contributed by atoms with Crippen molar-refractivity contribution < 1.29 is 4.52 Å². The quantitative estimate of drug-likeness (QED) is 0.879. The van der Waals surface area contributed by atoms with Gasteiger partial charge < -0.3 is 10.3 Å². The minimum Gasteiger partial charge on any atom is -0.338 e. The van der Waals surface area contributed by atoms with Crippen LogP contribution in [0.4, 0.5) is 0 Å². The zero-order chi connectivity index (χ0) is 13.0. The summed E-state index contributed by atoms with van der Waals surface area (Å²) in [6.45, 7) is 4.25. The standard InChI is InChI=1S/C14H19N3O/c1-10(2)8-12(15)14-16-13(17-18-14)9-11-6-4-3-5-7-11/h3-7,10,12H,8-9,15H2,1-2H3/t12-/m1/s1. The Morgan fingerprint density at radius 3 is 2.61 bits per heavy atom. The van der Waals surface area contributed by atoms with Crippen LogP contribution in [0.25, 0.3) is 0 Å². The first kappa shape index (κ1) is 12.8. The van der Waals surface area contributed by atoms with E-state index in [0.29, 0.717) is 24.1 Å². The molecule has 4 heteroatoms. The maximum Gasteiger partial charge on any atom is 0.243 e. The van der Waals surface area contributed by atoms with Gasteiger partial charge in [0, 0.05) is 6.42 Å². The highest BCUT2D eigenvalue weighted by atomic mass is 16.5. The second-order valence-corrected chi connectivity index (χ2v) is 4.95. The van der Waals surface area contributed by atoms with E-state index in [1.54, 1.807) is 0 Å². The second-order valence-electron chi connectivity index (χ2n) is 4.95. The Morgan fingerprint density at radius 2 is 1.94 bits per heavy atom. The van der Waals surface area contributed by atoms with Gasteiger partial charge >= 0.3 is 0 Å². The molecule has 2 N–H and O–H groups in total. The summed E-state index contributed by atoms with van der Waals surface area (Å²) >= 11 is 0. The fourth-order valence-electron chi connectivity index (χ4n) is 1.88. The molecule has 0 saturated carbocycles. The Bertz CT molecular complexity index is 479. The van der Waals surface area contributed by atoms with Crippen LogP contribution in [-0.4, -0.2) is 10.1 Å². The zero-order valence-corrected chi connectivity index (χ0v) is 10.8. The first-order valence-corrected chi connectivity index (χ1v) is 6.27. The molecule has 0 saturated heterocycles. The minimum absolute atomic E-state index is 0.165. The Morgan fingerprint density at radius 1 is 1.22 bits per heavy atom. The zero-order valence-electron chi connectivity index (χ0n) is 10.8. The minimum atomic E-state index is -0.165. The lowest BCUT2D eigenvalue weighted by molar-refractivity contribution is 0.333. The van der Waals surface area contributed by atoms with Crippen molar-refractivity contribution in [1.82, 2.24) is 10.1 Å². The topological polar surface area (TPSA) is 64.9 Å². The van der Waals surface area contributed by atoms with E-state index >= 15 is 0 Å². The van der Waals surface area contributed by atoms with Gasteiger partial charge in [-0.15, -0.1) is 0 Å². The molecule has 18 heavy (non-hydrogen) atoms. The molecule has 0 aliphatic carbocycles. The van der Waals surface area contributed by atoms with E-state index in [1.165, 1.54) is 5.56 Å². The van der Waals surface area contributed by atoms with Crippen molar-refractivity contribution in [2.24, 2.45) is 11.7 Å². The summed E-state index contributed by atoms with van der Waals surface area (Å²) < 4.78 is 5.21. The van der Waals surface area contributed by atoms with Gasteiger partial charge in [-0.25, -0.2) is 0 Å². The first-order chi connectivity index (χ1) is 8.65. The molecule has 2 rings (SSSR count). The van der Waals surface area contributed by atoms with Gasteiger partial charge in [0.05, 0.1) is 6.04 Å². The normalized spacial score (nSPS) is 12.9. The highest BCUT2D eigenvalue weighted by molar-refractivity contribution is 5.18. The molecular weight excluding hydrogens is 226 g/mol. The Labute approximate surface area is 107 Å². The van der Waals surface area contributed by atoms with E-state index in [2.05, 4.69) is 24.0 Å². The van der Waals surface area contributed by atoms with Gasteiger partial charge in [-0.05, 0) is 17.9 Å². The summed E-state index contributed by atoms with van der Waals surface area (Å²) in [5.74, 6) is 1.74. The molecule has 0 amide bonds. The van der Waals surface area contributed by atoms with Crippen molar-refractivity contribution in [2.75, 3.05) is 0 Å². The van der Waals surface area contributed by atoms with Gasteiger partial charge in [0.15, 0.2) is 5.82 Å². The van der Waals surface area contributed by atoms with Crippen LogP contribution in [0.5, 0.6) is 0 Å². The van der Waals surface area contributed by atoms with E-state index in [9.17, 15) is 0 Å². The van der Waals surface area contributed by atoms with E-state index in [-0.39, 0.29) is 6.04 Å². The number of hydrogen-bond acceptors (Lipinski definition) is 4. The van der Waals surface area contributed by atoms with Crippen LogP contribution < -0.4 is 5.73 Å². The summed E-state index contributed by atoms with van der Waals surface area (Å²) in [6, 6.07) is 9.92. The SMILES string of the molecule is CC(C)C[C@@H](N)c1nc(Cc2ccccc2)no1. The molecule has 0 radical (unpaired) electrons. The van der Waals surface area contributed by atoms with Crippen LogP contribution in [0.3, 0.4) is 0 Å². The van der Waals surface area contributed by atoms with E-state index in [4.69, 9.17) is 10.3 Å². The molecule has 1 heterocycles. The number of nitrogens with zero attached hydrogens (tertiary/aromatic N) is 2. The van der Waals surface area contributed by atoms with E-state index in [1.807, 2.05) is 30.3 Å². The van der Waals surface area contributed by atoms with Crippen molar-refractivity contribution in [3.63, 3.8) is 0 Å². The van der Waals surface area contributed by atoms with Crippen molar-refractivity contribution in [3.05, 3.63) is 47.6 Å². The van der Waals surface area contributed by atoms with Crippen LogP contribution in [0, 0.1) is 5.92 Å². The van der Waals surface area contributed by atoms with Crippen molar-refractivity contribution in [2.45, 2.75) is 32.7 Å². The maximum atomic E-state index is 6.01. The average molecular weight is 245 g/mol. The van der Waals surface area contributed by atoms with Gasteiger partial charge in [0.1, 0.15) is 0 Å². The van der Waals surface area contributed by atoms with Gasteiger partial charge in [-0.3, -0.25) is 0 Å². The number of aromatic nitrogens is 2. The predicted octanol–water partition coefficient (Wildman–Crippen LogP) is 2.71. The van der Waals surface area contributed by atoms with Crippen LogP contribution in [0.15, 0.2) is 34.9 Å². The van der Waals surface area contributed by atoms with Crippen molar-refractivity contribution in [3.8, 4) is 0 Å². The van der Waals surface area contributed by atoms with E-state index in [0.717, 1.165) is 6.42 Å². The Hall–Kier alpha value is -1.68. The van der Waals surface area contributed by atoms with Crippen LogP contribution >= 0.6 is 0 Å². The summed E-state index contributed by atoms with van der Waals surface area (Å²) in [7, 11) is 0. The third kappa shape index (κ3) is 3.40. The molecule has 1 aromatic heterocycles. The maximum absolute atomic E-state index is 6.01. The third-order valence-electron chi connectivity index (χ3n) is 2.73. The highest BCUT2D eigenvalue weighted by Gasteiger charge is 2.16. The lowest BCUT2D eigenvalue weighted by atomic mass is 10.0. The first-order valence-electron chi connectivity index (χ1n) is 6.27. The summed E-state index contributed by atoms with van der Waals surface area (Å²) in [5, 5.41) is 3.97. The van der Waals surface area contributed by atoms with Crippen LogP contribution in [0.1, 0.15) is 43.6 Å². The van der Waals surface area contributed by atoms with Crippen LogP contribution in [0.2, 0.25) is 0 Å². The number of benzene rings is 1. The Kier molecular flexibility index (Phi) is 4.10. The molecule has 0 spiro atoms. The molecule has 0 unspecified atom stereocenters. The highest BCUT2D eigenvalue weighted by Crippen LogP contribution is 2.17. The van der Waals surface area contributed by atoms with Gasteiger partial charge in [-0.2, -0.15) is 4.98 Å². The molecule has 0 fully saturated rings. The summed E-state index contributed by atoms with van der Waals surface area (Å²) in [5.41, 5.74) is 7.18. The molecule has 96 valence electrons. The average Bonchev–Trinajstić information content (AvgIpc) is 2.78. The number of nitrogens with two attached hydrogens (primary N) is 1. The van der Waals surface area contributed by atoms with Crippen LogP contribution in [-0.2, 0) is 6.42 Å². The summed E-state index contributed by atoms with van der Waals surface area (Å²) in [4.78, 5) is 4.36. The smallest absolute Gasteiger partial charge is 0.243 e. The van der Waals surface area contributed by atoms with Gasteiger partial charge in [0.25, 0.3) is 0 Å². The molecule has 0 bridgehead atoms. The monoisotopic (exact) mass is 245 g/mol. The van der Waals surface area contributed by atoms with Gasteiger partial charge in [0.2, 0.25) is 5.89 Å². The molecule has 0 aliphatic heterocycles. The fraction of sp³-hybridized carbons (Fsp3) is 0.429.